The molecule has 0 radical (unpaired) electrons. The summed E-state index contributed by atoms with van der Waals surface area (Å²) in [6.45, 7) is 0. The lowest BCUT2D eigenvalue weighted by Crippen LogP contribution is -2.25. The Kier molecular flexibility index (Phi) is 17.8. The average Bonchev–Trinajstić information content (AvgIpc) is 3.17. The van der Waals surface area contributed by atoms with Gasteiger partial charge in [-0.2, -0.15) is 0 Å². The van der Waals surface area contributed by atoms with Gasteiger partial charge < -0.3 is 25.7 Å². The van der Waals surface area contributed by atoms with E-state index in [4.69, 9.17) is 22.9 Å². The van der Waals surface area contributed by atoms with Crippen LogP contribution in [0.5, 0.6) is 0 Å². The number of carbonyl (C=O) groups excluding carboxylic acids is 2. The Bertz CT molecular complexity index is 1540. The smallest absolute Gasteiger partial charge is 0.155 e. The third-order valence-electron chi connectivity index (χ3n) is 8.64. The second-order valence-electron chi connectivity index (χ2n) is 13.1. The van der Waals surface area contributed by atoms with Crippen molar-refractivity contribution in [2.75, 3.05) is 38.0 Å². The Morgan fingerprint density at radius 1 is 0.840 bits per heavy atom. The fourth-order valence-electron chi connectivity index (χ4n) is 5.52. The van der Waals surface area contributed by atoms with Crippen molar-refractivity contribution < 1.29 is 19.8 Å². The fourth-order valence-corrected chi connectivity index (χ4v) is 7.29. The molecular formula is C39H53BrN4O4S2. The van der Waals surface area contributed by atoms with E-state index in [2.05, 4.69) is 45.1 Å². The normalized spacial score (nSPS) is 20.1. The number of thiocarbonyl (C=S) groups is 1. The molecule has 1 heterocycles. The Morgan fingerprint density at radius 3 is 2.04 bits per heavy atom. The monoisotopic (exact) mass is 784 g/mol. The van der Waals surface area contributed by atoms with Crippen molar-refractivity contribution in [2.24, 2.45) is 5.73 Å². The largest absolute Gasteiger partial charge is 0.391 e. The number of benzene rings is 2. The highest BCUT2D eigenvalue weighted by Gasteiger charge is 2.25. The molecule has 1 aromatic heterocycles. The third kappa shape index (κ3) is 13.6. The number of alkyl halides is 1. The predicted octanol–water partition coefficient (Wildman–Crippen LogP) is 7.96. The molecule has 3 aliphatic rings. The average molecular weight is 786 g/mol. The van der Waals surface area contributed by atoms with E-state index < -0.39 is 6.10 Å². The van der Waals surface area contributed by atoms with Crippen LogP contribution in [-0.2, 0) is 16.0 Å². The standard InChI is InChI=1S/C16H20N2OS.C9H12N2S.C7H11BrO2.C7H10O/c1-18(2)12-9-7-11(8-10-12)16-17-13-5-3-4-6-14(19)15(13)20-16;1-11(2)8-5-3-7(4-6-8)9(10)12;8-7-5(9)3-1-2-4-6(7)10;8-7-5-3-1-2-4-6-7/h7-10,14,19H,3-6H2,1-2H3;3-6H,1-2H3,(H2,10,12);5,7,9H,1-4H2;3,5H,1-2,4,6H2. The van der Waals surface area contributed by atoms with Gasteiger partial charge in [0.2, 0.25) is 0 Å². The Morgan fingerprint density at radius 2 is 1.42 bits per heavy atom. The zero-order valence-corrected chi connectivity index (χ0v) is 33.0. The van der Waals surface area contributed by atoms with E-state index in [9.17, 15) is 19.8 Å². The number of nitrogens with zero attached hydrogens (tertiary/aromatic N) is 3. The van der Waals surface area contributed by atoms with E-state index in [1.165, 1.54) is 12.1 Å². The van der Waals surface area contributed by atoms with Gasteiger partial charge in [0.25, 0.3) is 0 Å². The molecule has 4 N–H and O–H groups in total. The number of aliphatic hydroxyl groups is 2. The summed E-state index contributed by atoms with van der Waals surface area (Å²) in [7, 11) is 8.07. The number of carbonyl (C=O) groups is 2. The molecule has 6 rings (SSSR count). The lowest BCUT2D eigenvalue weighted by atomic mass is 10.1. The van der Waals surface area contributed by atoms with Gasteiger partial charge in [0.1, 0.15) is 15.8 Å². The number of Topliss-reactive ketones (excluding diaryl/α,β-unsaturated/α-hetero) is 1. The van der Waals surface area contributed by atoms with E-state index in [-0.39, 0.29) is 16.7 Å². The number of halogens is 1. The highest BCUT2D eigenvalue weighted by molar-refractivity contribution is 9.10. The van der Waals surface area contributed by atoms with Crippen molar-refractivity contribution in [3.63, 3.8) is 0 Å². The van der Waals surface area contributed by atoms with Gasteiger partial charge in [-0.25, -0.2) is 4.98 Å². The van der Waals surface area contributed by atoms with Crippen LogP contribution in [0.4, 0.5) is 11.4 Å². The number of ketones is 2. The molecule has 0 aliphatic heterocycles. The predicted molar refractivity (Wildman–Crippen MR) is 216 cm³/mol. The summed E-state index contributed by atoms with van der Waals surface area (Å²) in [5.41, 5.74) is 10.9. The number of aliphatic hydroxyl groups excluding tert-OH is 2. The van der Waals surface area contributed by atoms with Crippen LogP contribution in [0.2, 0.25) is 0 Å². The van der Waals surface area contributed by atoms with Gasteiger partial charge in [0, 0.05) is 63.5 Å². The van der Waals surface area contributed by atoms with Crippen LogP contribution in [0.15, 0.2) is 60.7 Å². The Labute approximate surface area is 315 Å². The summed E-state index contributed by atoms with van der Waals surface area (Å²) in [6.07, 6.45) is 14.4. The number of aryl methyl sites for hydroxylation is 1. The zero-order valence-electron chi connectivity index (χ0n) is 29.8. The van der Waals surface area contributed by atoms with Gasteiger partial charge in [-0.1, -0.05) is 47.1 Å². The van der Waals surface area contributed by atoms with Crippen molar-refractivity contribution in [1.29, 1.82) is 0 Å². The number of thiazole rings is 1. The molecule has 11 heteroatoms. The van der Waals surface area contributed by atoms with E-state index in [1.807, 2.05) is 63.4 Å². The topological polar surface area (TPSA) is 120 Å². The summed E-state index contributed by atoms with van der Waals surface area (Å²) < 4.78 is 0. The van der Waals surface area contributed by atoms with E-state index in [1.54, 1.807) is 17.4 Å². The molecule has 8 nitrogen and oxygen atoms in total. The quantitative estimate of drug-likeness (QED) is 0.105. The van der Waals surface area contributed by atoms with Crippen molar-refractivity contribution in [3.05, 3.63) is 76.8 Å². The van der Waals surface area contributed by atoms with Gasteiger partial charge in [-0.15, -0.1) is 11.3 Å². The molecule has 3 unspecified atom stereocenters. The number of nitrogens with two attached hydrogens (primary N) is 1. The van der Waals surface area contributed by atoms with Crippen molar-refractivity contribution in [3.8, 4) is 10.6 Å². The van der Waals surface area contributed by atoms with Crippen molar-refractivity contribution >= 4 is 67.4 Å². The van der Waals surface area contributed by atoms with Gasteiger partial charge >= 0.3 is 0 Å². The van der Waals surface area contributed by atoms with Crippen LogP contribution in [0.25, 0.3) is 10.6 Å². The summed E-state index contributed by atoms with van der Waals surface area (Å²) in [5, 5.41) is 20.5. The molecule has 0 spiro atoms. The van der Waals surface area contributed by atoms with Crippen LogP contribution in [0.1, 0.15) is 92.9 Å². The molecular weight excluding hydrogens is 732 g/mol. The minimum Gasteiger partial charge on any atom is -0.391 e. The number of allylic oxidation sites excluding steroid dienone is 2. The molecule has 3 atom stereocenters. The molecule has 0 bridgehead atoms. The number of rotatable bonds is 4. The molecule has 50 heavy (non-hydrogen) atoms. The molecule has 0 saturated heterocycles. The van der Waals surface area contributed by atoms with Crippen molar-refractivity contribution in [1.82, 2.24) is 4.98 Å². The Hall–Kier alpha value is -2.96. The van der Waals surface area contributed by atoms with E-state index in [0.717, 1.165) is 96.6 Å². The minimum absolute atomic E-state index is 0.144. The van der Waals surface area contributed by atoms with Gasteiger partial charge in [0.15, 0.2) is 5.78 Å². The highest BCUT2D eigenvalue weighted by Crippen LogP contribution is 2.37. The number of hydrogen-bond donors (Lipinski definition) is 3. The SMILES string of the molecule is CN(C)c1ccc(-c2nc3c(s2)C(O)CCCC3)cc1.CN(C)c1ccc(C(N)=S)cc1.O=C1C=CCCCC1.O=C1CCCCC(O)C1Br. The molecule has 0 amide bonds. The molecule has 2 aromatic carbocycles. The molecule has 3 aromatic rings. The second-order valence-corrected chi connectivity index (χ2v) is 15.6. The lowest BCUT2D eigenvalue weighted by molar-refractivity contribution is -0.119. The van der Waals surface area contributed by atoms with Gasteiger partial charge in [-0.05, 0) is 106 Å². The first-order valence-electron chi connectivity index (χ1n) is 17.4. The summed E-state index contributed by atoms with van der Waals surface area (Å²) >= 11 is 9.65. The van der Waals surface area contributed by atoms with Gasteiger partial charge in [-0.3, -0.25) is 9.59 Å². The fraction of sp³-hybridized carbons (Fsp3) is 0.487. The Balaban J connectivity index is 0.000000194. The van der Waals surface area contributed by atoms with Crippen LogP contribution in [0, 0.1) is 0 Å². The number of aromatic nitrogens is 1. The zero-order chi connectivity index (χ0) is 36.6. The first-order valence-corrected chi connectivity index (χ1v) is 19.6. The van der Waals surface area contributed by atoms with E-state index >= 15 is 0 Å². The maximum absolute atomic E-state index is 11.0. The van der Waals surface area contributed by atoms with Crippen LogP contribution >= 0.6 is 39.5 Å². The maximum Gasteiger partial charge on any atom is 0.155 e. The molecule has 3 aliphatic carbocycles. The second kappa shape index (κ2) is 21.4. The van der Waals surface area contributed by atoms with Gasteiger partial charge in [0.05, 0.1) is 27.6 Å². The van der Waals surface area contributed by atoms with Crippen LogP contribution < -0.4 is 15.5 Å². The summed E-state index contributed by atoms with van der Waals surface area (Å²) in [6, 6.07) is 16.3. The summed E-state index contributed by atoms with van der Waals surface area (Å²) in [5.74, 6) is 0.438. The first kappa shape index (κ1) is 41.5. The molecule has 1 fully saturated rings. The summed E-state index contributed by atoms with van der Waals surface area (Å²) in [4.78, 5) is 31.7. The minimum atomic E-state index is -0.463. The highest BCUT2D eigenvalue weighted by atomic mass is 79.9. The third-order valence-corrected chi connectivity index (χ3v) is 11.2. The molecule has 1 saturated carbocycles. The lowest BCUT2D eigenvalue weighted by Gasteiger charge is -2.12. The van der Waals surface area contributed by atoms with Crippen molar-refractivity contribution in [2.45, 2.75) is 94.1 Å². The maximum atomic E-state index is 11.0. The van der Waals surface area contributed by atoms with Crippen LogP contribution in [0.3, 0.4) is 0 Å². The first-order chi connectivity index (χ1) is 23.9. The van der Waals surface area contributed by atoms with E-state index in [0.29, 0.717) is 17.2 Å². The molecule has 272 valence electrons. The number of hydrogen-bond acceptors (Lipinski definition) is 9. The number of anilines is 2. The van der Waals surface area contributed by atoms with Crippen LogP contribution in [-0.4, -0.2) is 70.9 Å². The number of fused-ring (bicyclic) bond motifs is 1.